The van der Waals surface area contributed by atoms with Crippen molar-refractivity contribution in [1.82, 2.24) is 9.97 Å². The molecule has 3 heteroatoms. The van der Waals surface area contributed by atoms with Crippen LogP contribution in [0.5, 0.6) is 0 Å². The lowest BCUT2D eigenvalue weighted by atomic mass is 10.2. The van der Waals surface area contributed by atoms with Gasteiger partial charge < -0.3 is 0 Å². The highest BCUT2D eigenvalue weighted by atomic mass is 16.3. The summed E-state index contributed by atoms with van der Waals surface area (Å²) in [5, 5.41) is 11.0. The Morgan fingerprint density at radius 2 is 2.10 bits per heavy atom. The summed E-state index contributed by atoms with van der Waals surface area (Å²) < 4.78 is 0. The van der Waals surface area contributed by atoms with E-state index in [0.29, 0.717) is 12.2 Å². The molecule has 0 bridgehead atoms. The fourth-order valence-corrected chi connectivity index (χ4v) is 0.659. The lowest BCUT2D eigenvalue weighted by molar-refractivity contribution is 0.0778. The average Bonchev–Trinajstić information content (AvgIpc) is 2.05. The maximum absolute atomic E-state index is 11.0. The summed E-state index contributed by atoms with van der Waals surface area (Å²) in [5.41, 5.74) is 0. The molecule has 0 aromatic carbocycles. The maximum atomic E-state index is 11.0. The van der Waals surface area contributed by atoms with Crippen LogP contribution in [-0.4, -0.2) is 9.97 Å². The molecule has 53 valence electrons. The van der Waals surface area contributed by atoms with Gasteiger partial charge in [-0.3, -0.25) is 0 Å². The van der Waals surface area contributed by atoms with Gasteiger partial charge in [0.05, 0.1) is 0 Å². The summed E-state index contributed by atoms with van der Waals surface area (Å²) in [6.45, 7) is 1.83. The third-order valence-electron chi connectivity index (χ3n) is 1.24. The molecule has 0 aliphatic carbocycles. The SMILES string of the molecule is CCC([O])c1ncccn1. The zero-order chi connectivity index (χ0) is 7.40. The Bertz CT molecular complexity index is 188. The number of nitrogens with zero attached hydrogens (tertiary/aromatic N) is 2. The van der Waals surface area contributed by atoms with Crippen LogP contribution in [0.4, 0.5) is 0 Å². The number of hydrogen-bond acceptors (Lipinski definition) is 2. The van der Waals surface area contributed by atoms with Crippen molar-refractivity contribution < 1.29 is 5.11 Å². The largest absolute Gasteiger partial charge is 0.238 e. The highest BCUT2D eigenvalue weighted by Crippen LogP contribution is 2.09. The molecule has 10 heavy (non-hydrogen) atoms. The van der Waals surface area contributed by atoms with Crippen molar-refractivity contribution in [3.8, 4) is 0 Å². The van der Waals surface area contributed by atoms with Crippen molar-refractivity contribution >= 4 is 0 Å². The van der Waals surface area contributed by atoms with Crippen LogP contribution in [0.1, 0.15) is 25.3 Å². The van der Waals surface area contributed by atoms with E-state index in [1.165, 1.54) is 0 Å². The van der Waals surface area contributed by atoms with E-state index < -0.39 is 6.10 Å². The molecule has 0 aliphatic rings. The first-order chi connectivity index (χ1) is 4.84. The predicted molar refractivity (Wildman–Crippen MR) is 35.8 cm³/mol. The summed E-state index contributed by atoms with van der Waals surface area (Å²) in [6, 6.07) is 1.70. The van der Waals surface area contributed by atoms with Crippen LogP contribution in [0.2, 0.25) is 0 Å². The first-order valence-corrected chi connectivity index (χ1v) is 3.27. The topological polar surface area (TPSA) is 45.7 Å². The molecule has 1 aromatic rings. The van der Waals surface area contributed by atoms with Gasteiger partial charge in [0.25, 0.3) is 0 Å². The van der Waals surface area contributed by atoms with E-state index in [0.717, 1.165) is 0 Å². The van der Waals surface area contributed by atoms with E-state index in [-0.39, 0.29) is 0 Å². The zero-order valence-corrected chi connectivity index (χ0v) is 5.82. The van der Waals surface area contributed by atoms with Crippen molar-refractivity contribution in [2.24, 2.45) is 0 Å². The lowest BCUT2D eigenvalue weighted by Crippen LogP contribution is -1.98. The molecule has 1 unspecified atom stereocenters. The average molecular weight is 137 g/mol. The summed E-state index contributed by atoms with van der Waals surface area (Å²) in [7, 11) is 0. The molecule has 1 radical (unpaired) electrons. The van der Waals surface area contributed by atoms with E-state index in [9.17, 15) is 5.11 Å². The minimum Gasteiger partial charge on any atom is -0.238 e. The smallest absolute Gasteiger partial charge is 0.160 e. The van der Waals surface area contributed by atoms with Crippen molar-refractivity contribution in [2.45, 2.75) is 19.4 Å². The van der Waals surface area contributed by atoms with E-state index in [1.807, 2.05) is 6.92 Å². The summed E-state index contributed by atoms with van der Waals surface area (Å²) in [5.74, 6) is 0.394. The Morgan fingerprint density at radius 3 is 2.60 bits per heavy atom. The molecular formula is C7H9N2O. The van der Waals surface area contributed by atoms with Crippen molar-refractivity contribution in [3.63, 3.8) is 0 Å². The number of rotatable bonds is 2. The van der Waals surface area contributed by atoms with Gasteiger partial charge in [-0.15, -0.1) is 0 Å². The Balaban J connectivity index is 2.75. The summed E-state index contributed by atoms with van der Waals surface area (Å²) >= 11 is 0. The highest BCUT2D eigenvalue weighted by Gasteiger charge is 2.07. The molecule has 0 N–H and O–H groups in total. The number of aromatic nitrogens is 2. The van der Waals surface area contributed by atoms with Crippen LogP contribution < -0.4 is 0 Å². The minimum absolute atomic E-state index is 0.394. The fraction of sp³-hybridized carbons (Fsp3) is 0.429. The van der Waals surface area contributed by atoms with E-state index >= 15 is 0 Å². The van der Waals surface area contributed by atoms with Gasteiger partial charge in [-0.2, -0.15) is 0 Å². The Hall–Kier alpha value is -0.960. The van der Waals surface area contributed by atoms with Crippen LogP contribution in [0.25, 0.3) is 0 Å². The zero-order valence-electron chi connectivity index (χ0n) is 5.82. The molecule has 0 spiro atoms. The van der Waals surface area contributed by atoms with Gasteiger partial charge in [-0.1, -0.05) is 6.92 Å². The molecule has 0 aliphatic heterocycles. The number of hydrogen-bond donors (Lipinski definition) is 0. The lowest BCUT2D eigenvalue weighted by Gasteiger charge is -2.00. The van der Waals surface area contributed by atoms with Gasteiger partial charge in [-0.25, -0.2) is 15.1 Å². The molecule has 1 atom stereocenters. The van der Waals surface area contributed by atoms with Crippen LogP contribution in [0.15, 0.2) is 18.5 Å². The highest BCUT2D eigenvalue weighted by molar-refractivity contribution is 4.91. The molecular weight excluding hydrogens is 128 g/mol. The van der Waals surface area contributed by atoms with Crippen molar-refractivity contribution in [3.05, 3.63) is 24.3 Å². The van der Waals surface area contributed by atoms with Crippen LogP contribution in [-0.2, 0) is 5.11 Å². The van der Waals surface area contributed by atoms with Gasteiger partial charge in [0.15, 0.2) is 11.9 Å². The predicted octanol–water partition coefficient (Wildman–Crippen LogP) is 1.36. The van der Waals surface area contributed by atoms with Crippen LogP contribution >= 0.6 is 0 Å². The molecule has 0 saturated heterocycles. The molecule has 0 saturated carbocycles. The van der Waals surface area contributed by atoms with Crippen molar-refractivity contribution in [2.75, 3.05) is 0 Å². The Labute approximate surface area is 59.8 Å². The summed E-state index contributed by atoms with van der Waals surface area (Å²) in [6.07, 6.45) is 2.96. The maximum Gasteiger partial charge on any atom is 0.160 e. The fourth-order valence-electron chi connectivity index (χ4n) is 0.659. The normalized spacial score (nSPS) is 13.0. The Morgan fingerprint density at radius 1 is 1.50 bits per heavy atom. The van der Waals surface area contributed by atoms with Crippen LogP contribution in [0, 0.1) is 0 Å². The van der Waals surface area contributed by atoms with E-state index in [1.54, 1.807) is 18.5 Å². The van der Waals surface area contributed by atoms with Gasteiger partial charge in [0, 0.05) is 12.4 Å². The second-order valence-corrected chi connectivity index (χ2v) is 2.00. The monoisotopic (exact) mass is 137 g/mol. The first kappa shape index (κ1) is 7.15. The third kappa shape index (κ3) is 1.51. The third-order valence-corrected chi connectivity index (χ3v) is 1.24. The second kappa shape index (κ2) is 3.27. The standard InChI is InChI=1S/C7H9N2O/c1-2-6(10)7-8-4-3-5-9-7/h3-6H,2H2,1H3. The summed E-state index contributed by atoms with van der Waals surface area (Å²) in [4.78, 5) is 7.65. The van der Waals surface area contributed by atoms with Gasteiger partial charge >= 0.3 is 0 Å². The molecule has 3 nitrogen and oxygen atoms in total. The quantitative estimate of drug-likeness (QED) is 0.617. The van der Waals surface area contributed by atoms with Crippen LogP contribution in [0.3, 0.4) is 0 Å². The van der Waals surface area contributed by atoms with Gasteiger partial charge in [0.1, 0.15) is 0 Å². The Kier molecular flexibility index (Phi) is 2.34. The molecule has 1 rings (SSSR count). The second-order valence-electron chi connectivity index (χ2n) is 2.00. The molecule has 1 heterocycles. The van der Waals surface area contributed by atoms with E-state index in [2.05, 4.69) is 9.97 Å². The molecule has 0 fully saturated rings. The van der Waals surface area contributed by atoms with Gasteiger partial charge in [0.2, 0.25) is 0 Å². The van der Waals surface area contributed by atoms with Gasteiger partial charge in [-0.05, 0) is 12.5 Å². The molecule has 1 aromatic heterocycles. The first-order valence-electron chi connectivity index (χ1n) is 3.27. The molecule has 0 amide bonds. The van der Waals surface area contributed by atoms with Crippen molar-refractivity contribution in [1.29, 1.82) is 0 Å². The minimum atomic E-state index is -0.763. The van der Waals surface area contributed by atoms with E-state index in [4.69, 9.17) is 0 Å².